The summed E-state index contributed by atoms with van der Waals surface area (Å²) in [5.74, 6) is 0.516. The molecule has 0 aliphatic heterocycles. The molecule has 0 atom stereocenters. The number of nitrogens with two attached hydrogens (primary N) is 1. The fourth-order valence-electron chi connectivity index (χ4n) is 1.46. The van der Waals surface area contributed by atoms with Crippen molar-refractivity contribution in [3.8, 4) is 0 Å². The first-order chi connectivity index (χ1) is 8.97. The summed E-state index contributed by atoms with van der Waals surface area (Å²) in [7, 11) is 0. The predicted molar refractivity (Wildman–Crippen MR) is 81.6 cm³/mol. The lowest BCUT2D eigenvalue weighted by Gasteiger charge is -2.07. The van der Waals surface area contributed by atoms with E-state index in [9.17, 15) is 9.59 Å². The largest absolute Gasteiger partial charge is 0.384 e. The van der Waals surface area contributed by atoms with Crippen molar-refractivity contribution in [3.63, 3.8) is 0 Å². The predicted octanol–water partition coefficient (Wildman–Crippen LogP) is 1.58. The summed E-state index contributed by atoms with van der Waals surface area (Å²) in [6.45, 7) is 4.28. The highest BCUT2D eigenvalue weighted by Gasteiger charge is 2.06. The van der Waals surface area contributed by atoms with Gasteiger partial charge < -0.3 is 16.4 Å². The summed E-state index contributed by atoms with van der Waals surface area (Å²) >= 11 is 0. The highest BCUT2D eigenvalue weighted by Crippen LogP contribution is 2.07. The molecule has 0 aliphatic carbocycles. The Morgan fingerprint density at radius 3 is 2.55 bits per heavy atom. The lowest BCUT2D eigenvalue weighted by atomic mass is 10.1. The van der Waals surface area contributed by atoms with E-state index in [1.165, 1.54) is 6.20 Å². The molecule has 0 aromatic carbocycles. The molecular weight excluding hydrogens is 280 g/mol. The van der Waals surface area contributed by atoms with Gasteiger partial charge in [0.2, 0.25) is 11.8 Å². The van der Waals surface area contributed by atoms with Crippen molar-refractivity contribution in [1.82, 2.24) is 10.3 Å². The molecule has 0 aliphatic rings. The molecule has 0 spiro atoms. The van der Waals surface area contributed by atoms with Crippen molar-refractivity contribution in [2.45, 2.75) is 26.7 Å². The molecule has 1 aromatic heterocycles. The summed E-state index contributed by atoms with van der Waals surface area (Å²) in [5, 5.41) is 5.38. The lowest BCUT2D eigenvalue weighted by Crippen LogP contribution is -2.28. The van der Waals surface area contributed by atoms with Gasteiger partial charge in [-0.15, -0.1) is 12.4 Å². The molecule has 0 bridgehead atoms. The van der Waals surface area contributed by atoms with Gasteiger partial charge in [-0.05, 0) is 18.1 Å². The molecule has 0 saturated carbocycles. The zero-order valence-corrected chi connectivity index (χ0v) is 12.5. The molecule has 4 N–H and O–H groups in total. The molecule has 1 aromatic rings. The third kappa shape index (κ3) is 7.58. The standard InChI is InChI=1S/C13H20N4O2.ClH/c1-9(2)7-13(19)15-6-5-12(18)17-10-3-4-11(14)16-8-10;/h3-4,8-9H,5-7H2,1-2H3,(H2,14,16)(H,15,19)(H,17,18);1H. The first kappa shape index (κ1) is 18.2. The topological polar surface area (TPSA) is 97.1 Å². The first-order valence-electron chi connectivity index (χ1n) is 6.25. The van der Waals surface area contributed by atoms with Crippen LogP contribution >= 0.6 is 12.4 Å². The summed E-state index contributed by atoms with van der Waals surface area (Å²) in [6.07, 6.45) is 2.20. The zero-order valence-electron chi connectivity index (χ0n) is 11.7. The number of hydrogen-bond donors (Lipinski definition) is 3. The quantitative estimate of drug-likeness (QED) is 0.743. The first-order valence-corrected chi connectivity index (χ1v) is 6.25. The van der Waals surface area contributed by atoms with Crippen LogP contribution in [0.4, 0.5) is 11.5 Å². The smallest absolute Gasteiger partial charge is 0.226 e. The molecule has 112 valence electrons. The van der Waals surface area contributed by atoms with Gasteiger partial charge in [-0.2, -0.15) is 0 Å². The Labute approximate surface area is 124 Å². The van der Waals surface area contributed by atoms with Gasteiger partial charge in [-0.25, -0.2) is 4.98 Å². The van der Waals surface area contributed by atoms with Crippen molar-refractivity contribution in [2.24, 2.45) is 5.92 Å². The monoisotopic (exact) mass is 300 g/mol. The number of carbonyl (C=O) groups is 2. The van der Waals surface area contributed by atoms with Crippen molar-refractivity contribution < 1.29 is 9.59 Å². The van der Waals surface area contributed by atoms with Crippen LogP contribution in [0.15, 0.2) is 18.3 Å². The number of nitrogens with zero attached hydrogens (tertiary/aromatic N) is 1. The number of pyridine rings is 1. The second-order valence-electron chi connectivity index (χ2n) is 4.72. The fourth-order valence-corrected chi connectivity index (χ4v) is 1.46. The van der Waals surface area contributed by atoms with Gasteiger partial charge >= 0.3 is 0 Å². The van der Waals surface area contributed by atoms with E-state index in [0.29, 0.717) is 30.4 Å². The van der Waals surface area contributed by atoms with Gasteiger partial charge in [0.25, 0.3) is 0 Å². The summed E-state index contributed by atoms with van der Waals surface area (Å²) in [5.41, 5.74) is 6.03. The minimum atomic E-state index is -0.170. The van der Waals surface area contributed by atoms with E-state index in [1.807, 2.05) is 13.8 Å². The fraction of sp³-hybridized carbons (Fsp3) is 0.462. The van der Waals surface area contributed by atoms with Crippen LogP contribution in [-0.4, -0.2) is 23.3 Å². The summed E-state index contributed by atoms with van der Waals surface area (Å²) < 4.78 is 0. The second kappa shape index (κ2) is 9.14. The van der Waals surface area contributed by atoms with Crippen LogP contribution in [0.2, 0.25) is 0 Å². The minimum absolute atomic E-state index is 0. The average molecular weight is 301 g/mol. The molecule has 2 amide bonds. The number of carbonyl (C=O) groups excluding carboxylic acids is 2. The molecule has 0 saturated heterocycles. The minimum Gasteiger partial charge on any atom is -0.384 e. The van der Waals surface area contributed by atoms with Crippen LogP contribution in [0.5, 0.6) is 0 Å². The molecule has 7 heteroatoms. The van der Waals surface area contributed by atoms with E-state index in [-0.39, 0.29) is 30.6 Å². The van der Waals surface area contributed by atoms with E-state index in [4.69, 9.17) is 5.73 Å². The number of anilines is 2. The average Bonchev–Trinajstić information content (AvgIpc) is 2.31. The van der Waals surface area contributed by atoms with E-state index < -0.39 is 0 Å². The molecule has 6 nitrogen and oxygen atoms in total. The van der Waals surface area contributed by atoms with Gasteiger partial charge in [0, 0.05) is 19.4 Å². The van der Waals surface area contributed by atoms with Crippen molar-refractivity contribution >= 4 is 35.7 Å². The highest BCUT2D eigenvalue weighted by atomic mass is 35.5. The van der Waals surface area contributed by atoms with Gasteiger partial charge in [-0.3, -0.25) is 9.59 Å². The maximum absolute atomic E-state index is 11.6. The zero-order chi connectivity index (χ0) is 14.3. The Balaban J connectivity index is 0.00000361. The van der Waals surface area contributed by atoms with Gasteiger partial charge in [0.15, 0.2) is 0 Å². The summed E-state index contributed by atoms with van der Waals surface area (Å²) in [4.78, 5) is 26.8. The van der Waals surface area contributed by atoms with Gasteiger partial charge in [-0.1, -0.05) is 13.8 Å². The van der Waals surface area contributed by atoms with Crippen molar-refractivity contribution in [2.75, 3.05) is 17.6 Å². The van der Waals surface area contributed by atoms with Crippen LogP contribution in [-0.2, 0) is 9.59 Å². The van der Waals surface area contributed by atoms with E-state index in [2.05, 4.69) is 15.6 Å². The van der Waals surface area contributed by atoms with Crippen LogP contribution in [0.25, 0.3) is 0 Å². The Kier molecular flexibility index (Phi) is 8.31. The Bertz CT molecular complexity index is 435. The Morgan fingerprint density at radius 2 is 2.00 bits per heavy atom. The van der Waals surface area contributed by atoms with Gasteiger partial charge in [0.05, 0.1) is 11.9 Å². The third-order valence-corrected chi connectivity index (χ3v) is 2.34. The number of halogens is 1. The van der Waals surface area contributed by atoms with Crippen LogP contribution in [0.3, 0.4) is 0 Å². The number of nitrogen functional groups attached to an aromatic ring is 1. The van der Waals surface area contributed by atoms with E-state index in [1.54, 1.807) is 12.1 Å². The van der Waals surface area contributed by atoms with E-state index in [0.717, 1.165) is 0 Å². The number of rotatable bonds is 6. The Hall–Kier alpha value is -1.82. The number of hydrogen-bond acceptors (Lipinski definition) is 4. The molecule has 0 unspecified atom stereocenters. The molecule has 0 fully saturated rings. The van der Waals surface area contributed by atoms with E-state index >= 15 is 0 Å². The van der Waals surface area contributed by atoms with Crippen LogP contribution in [0, 0.1) is 5.92 Å². The van der Waals surface area contributed by atoms with Gasteiger partial charge in [0.1, 0.15) is 5.82 Å². The van der Waals surface area contributed by atoms with Crippen molar-refractivity contribution in [3.05, 3.63) is 18.3 Å². The van der Waals surface area contributed by atoms with Crippen LogP contribution < -0.4 is 16.4 Å². The molecular formula is C13H21ClN4O2. The third-order valence-electron chi connectivity index (χ3n) is 2.34. The number of amides is 2. The number of nitrogens with one attached hydrogen (secondary N) is 2. The SMILES string of the molecule is CC(C)CC(=O)NCCC(=O)Nc1ccc(N)nc1.Cl. The number of aromatic nitrogens is 1. The maximum atomic E-state index is 11.6. The molecule has 1 rings (SSSR count). The highest BCUT2D eigenvalue weighted by molar-refractivity contribution is 5.91. The molecule has 20 heavy (non-hydrogen) atoms. The Morgan fingerprint density at radius 1 is 1.30 bits per heavy atom. The lowest BCUT2D eigenvalue weighted by molar-refractivity contribution is -0.121. The van der Waals surface area contributed by atoms with Crippen LogP contribution in [0.1, 0.15) is 26.7 Å². The molecule has 1 heterocycles. The van der Waals surface area contributed by atoms with Crippen molar-refractivity contribution in [1.29, 1.82) is 0 Å². The second-order valence-corrected chi connectivity index (χ2v) is 4.72. The maximum Gasteiger partial charge on any atom is 0.226 e. The summed E-state index contributed by atoms with van der Waals surface area (Å²) in [6, 6.07) is 3.29. The normalized spacial score (nSPS) is 9.75. The molecule has 0 radical (unpaired) electrons.